The molecule has 3 aromatic carbocycles. The molecule has 0 unspecified atom stereocenters. The van der Waals surface area contributed by atoms with Crippen molar-refractivity contribution in [2.45, 2.75) is 39.3 Å². The van der Waals surface area contributed by atoms with Gasteiger partial charge in [0.05, 0.1) is 22.1 Å². The molecule has 0 bridgehead atoms. The molecule has 12 heteroatoms. The lowest BCUT2D eigenvalue weighted by molar-refractivity contribution is 0.0695. The molecule has 0 fully saturated rings. The highest BCUT2D eigenvalue weighted by Crippen LogP contribution is 2.41. The summed E-state index contributed by atoms with van der Waals surface area (Å²) in [6.45, 7) is 2.68. The van der Waals surface area contributed by atoms with Crippen molar-refractivity contribution in [2.24, 2.45) is 0 Å². The first-order valence-electron chi connectivity index (χ1n) is 14.9. The molecule has 0 saturated heterocycles. The maximum atomic E-state index is 14.0. The predicted molar refractivity (Wildman–Crippen MR) is 177 cm³/mol. The third kappa shape index (κ3) is 5.30. The van der Waals surface area contributed by atoms with Crippen molar-refractivity contribution in [3.8, 4) is 22.7 Å². The smallest absolute Gasteiger partial charge is 0.336 e. The number of hydrogen-bond acceptors (Lipinski definition) is 7. The number of nitrogens with one attached hydrogen (secondary N) is 1. The molecule has 0 aliphatic carbocycles. The van der Waals surface area contributed by atoms with Gasteiger partial charge in [0.15, 0.2) is 0 Å². The number of nitrogens with zero attached hydrogens (tertiary/aromatic N) is 6. The second-order valence-electron chi connectivity index (χ2n) is 11.0. The Balaban J connectivity index is 1.30. The maximum Gasteiger partial charge on any atom is 0.336 e. The van der Waals surface area contributed by atoms with Crippen molar-refractivity contribution in [3.05, 3.63) is 116 Å². The normalized spacial score (nSPS) is 11.5. The fraction of sp³-hybridized carbons (Fsp3) is 0.176. The molecular formula is C34H28BrN7O4. The van der Waals surface area contributed by atoms with Crippen LogP contribution >= 0.6 is 15.9 Å². The summed E-state index contributed by atoms with van der Waals surface area (Å²) >= 11 is 3.78. The zero-order chi connectivity index (χ0) is 31.8. The Bertz CT molecular complexity index is 2290. The molecule has 230 valence electrons. The lowest BCUT2D eigenvalue weighted by Gasteiger charge is -2.12. The van der Waals surface area contributed by atoms with Gasteiger partial charge in [0.2, 0.25) is 5.82 Å². The largest absolute Gasteiger partial charge is 0.478 e. The number of hydrogen-bond donors (Lipinski definition) is 2. The average molecular weight is 679 g/mol. The number of rotatable bonds is 10. The quantitative estimate of drug-likeness (QED) is 0.163. The van der Waals surface area contributed by atoms with E-state index in [0.29, 0.717) is 40.3 Å². The summed E-state index contributed by atoms with van der Waals surface area (Å²) in [7, 11) is 0. The molecule has 0 spiro atoms. The minimum Gasteiger partial charge on any atom is -0.478 e. The van der Waals surface area contributed by atoms with Gasteiger partial charge in [-0.1, -0.05) is 61.9 Å². The second kappa shape index (κ2) is 12.2. The maximum absolute atomic E-state index is 14.0. The number of aromatic nitrogens is 7. The van der Waals surface area contributed by atoms with Crippen LogP contribution in [0.3, 0.4) is 0 Å². The van der Waals surface area contributed by atoms with Crippen LogP contribution in [0.15, 0.2) is 92.7 Å². The highest BCUT2D eigenvalue weighted by atomic mass is 79.9. The molecular weight excluding hydrogens is 650 g/mol. The number of carboxylic acids is 1. The molecule has 4 aromatic heterocycles. The number of furan rings is 1. The number of carbonyl (C=O) groups is 1. The molecule has 46 heavy (non-hydrogen) atoms. The molecule has 0 aliphatic heterocycles. The Morgan fingerprint density at radius 1 is 1.02 bits per heavy atom. The molecule has 0 radical (unpaired) electrons. The zero-order valence-corrected chi connectivity index (χ0v) is 26.4. The second-order valence-corrected chi connectivity index (χ2v) is 11.8. The van der Waals surface area contributed by atoms with E-state index in [1.165, 1.54) is 0 Å². The minimum absolute atomic E-state index is 0.134. The van der Waals surface area contributed by atoms with Gasteiger partial charge in [-0.05, 0) is 63.0 Å². The van der Waals surface area contributed by atoms with E-state index in [0.717, 1.165) is 51.6 Å². The van der Waals surface area contributed by atoms with Crippen molar-refractivity contribution >= 4 is 43.9 Å². The van der Waals surface area contributed by atoms with Gasteiger partial charge in [-0.25, -0.2) is 9.78 Å². The lowest BCUT2D eigenvalue weighted by Crippen LogP contribution is -2.23. The minimum atomic E-state index is -1.03. The summed E-state index contributed by atoms with van der Waals surface area (Å²) in [6, 6.07) is 22.3. The van der Waals surface area contributed by atoms with Gasteiger partial charge in [-0.2, -0.15) is 5.21 Å². The Morgan fingerprint density at radius 2 is 1.83 bits per heavy atom. The Labute approximate surface area is 270 Å². The van der Waals surface area contributed by atoms with Gasteiger partial charge in [0.1, 0.15) is 22.7 Å². The molecule has 0 amide bonds. The monoisotopic (exact) mass is 677 g/mol. The van der Waals surface area contributed by atoms with Crippen molar-refractivity contribution in [1.29, 1.82) is 0 Å². The van der Waals surface area contributed by atoms with Gasteiger partial charge in [-0.15, -0.1) is 10.2 Å². The molecule has 4 heterocycles. The van der Waals surface area contributed by atoms with Crippen LogP contribution < -0.4 is 5.56 Å². The number of pyridine rings is 1. The number of fused-ring (bicyclic) bond motifs is 2. The van der Waals surface area contributed by atoms with E-state index in [1.54, 1.807) is 35.0 Å². The van der Waals surface area contributed by atoms with E-state index < -0.39 is 5.97 Å². The molecule has 2 N–H and O–H groups in total. The highest BCUT2D eigenvalue weighted by Gasteiger charge is 2.21. The first kappa shape index (κ1) is 29.4. The summed E-state index contributed by atoms with van der Waals surface area (Å²) < 4.78 is 10.7. The Kier molecular flexibility index (Phi) is 7.79. The van der Waals surface area contributed by atoms with Crippen LogP contribution in [0.2, 0.25) is 0 Å². The van der Waals surface area contributed by atoms with Crippen LogP contribution in [0, 0.1) is 0 Å². The standard InChI is InChI=1S/C34H28BrN7O4/c1-2-3-12-28-36-26-15-16-41(19-21-8-4-5-9-22(21)34(44)45)33(43)30(26)42(28)18-20-13-14-27-25(17-20)29(35)31(46-27)23-10-6-7-11-24(23)32-37-39-40-38-32/h4-11,13-17H,2-3,12,18-19H2,1H3,(H,44,45)(H,37,38,39,40). The van der Waals surface area contributed by atoms with E-state index in [4.69, 9.17) is 9.40 Å². The number of imidazole rings is 1. The van der Waals surface area contributed by atoms with Crippen molar-refractivity contribution < 1.29 is 14.3 Å². The Hall–Kier alpha value is -5.36. The predicted octanol–water partition coefficient (Wildman–Crippen LogP) is 6.69. The number of H-pyrrole nitrogens is 1. The average Bonchev–Trinajstić information content (AvgIpc) is 3.80. The lowest BCUT2D eigenvalue weighted by atomic mass is 10.0. The van der Waals surface area contributed by atoms with E-state index in [1.807, 2.05) is 47.0 Å². The van der Waals surface area contributed by atoms with Crippen LogP contribution in [-0.4, -0.2) is 45.8 Å². The van der Waals surface area contributed by atoms with Crippen LogP contribution in [-0.2, 0) is 19.5 Å². The number of carboxylic acid groups (broad SMARTS) is 1. The summed E-state index contributed by atoms with van der Waals surface area (Å²) in [5.41, 5.74) is 4.88. The number of benzene rings is 3. The fourth-order valence-corrected chi connectivity index (χ4v) is 6.42. The third-order valence-corrected chi connectivity index (χ3v) is 8.87. The van der Waals surface area contributed by atoms with Gasteiger partial charge in [0.25, 0.3) is 5.56 Å². The summed E-state index contributed by atoms with van der Waals surface area (Å²) in [4.78, 5) is 30.7. The SMILES string of the molecule is CCCCc1nc2ccn(Cc3ccccc3C(=O)O)c(=O)c2n1Cc1ccc2oc(-c3ccccc3-c3nn[nH]n3)c(Br)c2c1. The van der Waals surface area contributed by atoms with Crippen molar-refractivity contribution in [1.82, 2.24) is 34.7 Å². The summed E-state index contributed by atoms with van der Waals surface area (Å²) in [6.07, 6.45) is 4.33. The molecule has 11 nitrogen and oxygen atoms in total. The van der Waals surface area contributed by atoms with Crippen LogP contribution in [0.25, 0.3) is 44.7 Å². The van der Waals surface area contributed by atoms with Gasteiger partial charge < -0.3 is 18.7 Å². The van der Waals surface area contributed by atoms with Crippen LogP contribution in [0.1, 0.15) is 47.1 Å². The number of aryl methyl sites for hydroxylation is 1. The van der Waals surface area contributed by atoms with Gasteiger partial charge >= 0.3 is 5.97 Å². The summed E-state index contributed by atoms with van der Waals surface area (Å²) in [5.74, 6) is 0.915. The first-order chi connectivity index (χ1) is 22.4. The molecule has 0 aliphatic rings. The van der Waals surface area contributed by atoms with E-state index in [2.05, 4.69) is 49.5 Å². The fourth-order valence-electron chi connectivity index (χ4n) is 5.82. The number of tetrazole rings is 1. The van der Waals surface area contributed by atoms with Gasteiger partial charge in [0, 0.05) is 35.7 Å². The molecule has 0 atom stereocenters. The third-order valence-electron chi connectivity index (χ3n) is 8.08. The highest BCUT2D eigenvalue weighted by molar-refractivity contribution is 9.10. The van der Waals surface area contributed by atoms with Crippen molar-refractivity contribution in [2.75, 3.05) is 0 Å². The Morgan fingerprint density at radius 3 is 2.61 bits per heavy atom. The number of halogens is 1. The van der Waals surface area contributed by atoms with Crippen LogP contribution in [0.5, 0.6) is 0 Å². The molecule has 7 rings (SSSR count). The van der Waals surface area contributed by atoms with Crippen molar-refractivity contribution in [3.63, 3.8) is 0 Å². The number of unbranched alkanes of at least 4 members (excludes halogenated alkanes) is 1. The van der Waals surface area contributed by atoms with E-state index in [9.17, 15) is 14.7 Å². The van der Waals surface area contributed by atoms with Crippen LogP contribution in [0.4, 0.5) is 0 Å². The van der Waals surface area contributed by atoms with E-state index in [-0.39, 0.29) is 17.7 Å². The number of aromatic amines is 1. The molecule has 7 aromatic rings. The van der Waals surface area contributed by atoms with E-state index >= 15 is 0 Å². The number of aromatic carboxylic acids is 1. The summed E-state index contributed by atoms with van der Waals surface area (Å²) in [5, 5.41) is 25.1. The first-order valence-corrected chi connectivity index (χ1v) is 15.7. The topological polar surface area (TPSA) is 145 Å². The molecule has 0 saturated carbocycles. The van der Waals surface area contributed by atoms with Gasteiger partial charge in [-0.3, -0.25) is 4.79 Å². The zero-order valence-electron chi connectivity index (χ0n) is 24.8.